The normalized spacial score (nSPS) is 11.8. The Morgan fingerprint density at radius 1 is 0.837 bits per heavy atom. The summed E-state index contributed by atoms with van der Waals surface area (Å²) in [6.07, 6.45) is 0.867. The number of hydrogen-bond acceptors (Lipinski definition) is 7. The van der Waals surface area contributed by atoms with E-state index in [0.29, 0.717) is 40.3 Å². The Balaban J connectivity index is 1.51. The van der Waals surface area contributed by atoms with Gasteiger partial charge in [-0.1, -0.05) is 73.7 Å². The van der Waals surface area contributed by atoms with Crippen molar-refractivity contribution in [3.63, 3.8) is 0 Å². The number of nitrogens with zero attached hydrogens (tertiary/aromatic N) is 5. The summed E-state index contributed by atoms with van der Waals surface area (Å²) in [5, 5.41) is 14.4. The minimum atomic E-state index is -1.05. The Morgan fingerprint density at radius 3 is 2.22 bits per heavy atom. The molecule has 11 heteroatoms. The molecule has 1 aromatic heterocycles. The maximum atomic E-state index is 14.5. The molecule has 1 unspecified atom stereocenters. The number of hydrogen-bond donors (Lipinski definition) is 2. The smallest absolute Gasteiger partial charge is 0.249 e. The van der Waals surface area contributed by atoms with Crippen LogP contribution in [0, 0.1) is 5.92 Å². The molecule has 2 N–H and O–H groups in total. The molecule has 5 aromatic rings. The Labute approximate surface area is 286 Å². The number of carbonyl (C=O) groups excluding carboxylic acids is 3. The Kier molecular flexibility index (Phi) is 11.7. The minimum Gasteiger partial charge on any atom is -0.494 e. The molecule has 254 valence electrons. The molecule has 0 aliphatic rings. The van der Waals surface area contributed by atoms with Gasteiger partial charge in [0.25, 0.3) is 0 Å². The fourth-order valence-corrected chi connectivity index (χ4v) is 5.28. The van der Waals surface area contributed by atoms with Gasteiger partial charge in [0.05, 0.1) is 12.1 Å². The topological polar surface area (TPSA) is 122 Å². The van der Waals surface area contributed by atoms with Gasteiger partial charge in [-0.2, -0.15) is 0 Å². The highest BCUT2D eigenvalue weighted by Crippen LogP contribution is 2.31. The van der Waals surface area contributed by atoms with Gasteiger partial charge in [-0.3, -0.25) is 19.3 Å². The van der Waals surface area contributed by atoms with E-state index in [0.717, 1.165) is 18.5 Å². The van der Waals surface area contributed by atoms with Gasteiger partial charge in [-0.25, -0.2) is 4.68 Å². The van der Waals surface area contributed by atoms with Gasteiger partial charge < -0.3 is 20.3 Å². The molecule has 1 atom stereocenters. The minimum absolute atomic E-state index is 0.124. The number of aromatic nitrogens is 3. The Hall–Kier alpha value is -5.55. The molecule has 0 radical (unpaired) electrons. The fourth-order valence-electron chi connectivity index (χ4n) is 5.28. The molecular weight excluding hydrogens is 618 g/mol. The lowest BCUT2D eigenvalue weighted by molar-refractivity contribution is -0.127. The summed E-state index contributed by atoms with van der Waals surface area (Å²) < 4.78 is 7.49. The standard InChI is InChI=1S/C38H43N7O4/c1-27(2)37(47)40-30-17-19-31(20-18-30)45(35(46)26-44-34-14-9-8-13-33(34)41-42-44)36(38(48)39-25-28-11-6-5-7-12-28)29-15-21-32(22-16-29)49-24-10-23-43(3)4/h5-9,11-22,27,36H,10,23-26H2,1-4H3,(H,39,48)(H,40,47). The molecule has 0 saturated heterocycles. The quantitative estimate of drug-likeness (QED) is 0.143. The molecule has 4 aromatic carbocycles. The van der Waals surface area contributed by atoms with Crippen molar-refractivity contribution in [2.24, 2.45) is 5.92 Å². The summed E-state index contributed by atoms with van der Waals surface area (Å²) in [7, 11) is 4.04. The summed E-state index contributed by atoms with van der Waals surface area (Å²) in [5.41, 5.74) is 3.93. The predicted molar refractivity (Wildman–Crippen MR) is 191 cm³/mol. The number of anilines is 2. The SMILES string of the molecule is CC(C)C(=O)Nc1ccc(N(C(=O)Cn2nnc3ccccc32)C(C(=O)NCc2ccccc2)c2ccc(OCCCN(C)C)cc2)cc1. The van der Waals surface area contributed by atoms with E-state index in [-0.39, 0.29) is 36.7 Å². The van der Waals surface area contributed by atoms with E-state index < -0.39 is 6.04 Å². The summed E-state index contributed by atoms with van der Waals surface area (Å²) in [5.74, 6) is -0.395. The van der Waals surface area contributed by atoms with Crippen LogP contribution in [0.4, 0.5) is 11.4 Å². The van der Waals surface area contributed by atoms with E-state index in [1.807, 2.05) is 107 Å². The van der Waals surface area contributed by atoms with Crippen LogP contribution in [0.2, 0.25) is 0 Å². The monoisotopic (exact) mass is 661 g/mol. The molecule has 0 bridgehead atoms. The van der Waals surface area contributed by atoms with Crippen LogP contribution in [0.1, 0.15) is 37.4 Å². The van der Waals surface area contributed by atoms with Crippen LogP contribution in [0.25, 0.3) is 11.0 Å². The van der Waals surface area contributed by atoms with Crippen molar-refractivity contribution >= 4 is 40.1 Å². The third-order valence-electron chi connectivity index (χ3n) is 7.94. The first kappa shape index (κ1) is 34.8. The summed E-state index contributed by atoms with van der Waals surface area (Å²) in [6, 6.07) is 30.1. The number of benzene rings is 4. The largest absolute Gasteiger partial charge is 0.494 e. The highest BCUT2D eigenvalue weighted by atomic mass is 16.5. The third-order valence-corrected chi connectivity index (χ3v) is 7.94. The van der Waals surface area contributed by atoms with Crippen molar-refractivity contribution in [2.45, 2.75) is 39.4 Å². The molecule has 0 fully saturated rings. The zero-order valence-electron chi connectivity index (χ0n) is 28.4. The average Bonchev–Trinajstić information content (AvgIpc) is 3.51. The highest BCUT2D eigenvalue weighted by molar-refractivity contribution is 6.02. The van der Waals surface area contributed by atoms with Crippen molar-refractivity contribution in [1.82, 2.24) is 25.2 Å². The molecule has 0 aliphatic carbocycles. The van der Waals surface area contributed by atoms with E-state index in [2.05, 4.69) is 25.8 Å². The fraction of sp³-hybridized carbons (Fsp3) is 0.289. The van der Waals surface area contributed by atoms with Gasteiger partial charge in [-0.15, -0.1) is 5.10 Å². The molecule has 0 spiro atoms. The van der Waals surface area contributed by atoms with Gasteiger partial charge in [-0.05, 0) is 80.2 Å². The van der Waals surface area contributed by atoms with Gasteiger partial charge >= 0.3 is 0 Å². The lowest BCUT2D eigenvalue weighted by Crippen LogP contribution is -2.45. The van der Waals surface area contributed by atoms with E-state index in [1.165, 1.54) is 9.58 Å². The van der Waals surface area contributed by atoms with Gasteiger partial charge in [0.2, 0.25) is 17.7 Å². The van der Waals surface area contributed by atoms with E-state index in [9.17, 15) is 14.4 Å². The predicted octanol–water partition coefficient (Wildman–Crippen LogP) is 5.45. The Bertz CT molecular complexity index is 1840. The third kappa shape index (κ3) is 9.29. The Morgan fingerprint density at radius 2 is 1.53 bits per heavy atom. The van der Waals surface area contributed by atoms with Crippen LogP contribution in [0.5, 0.6) is 5.75 Å². The zero-order chi connectivity index (χ0) is 34.8. The second-order valence-corrected chi connectivity index (χ2v) is 12.4. The van der Waals surface area contributed by atoms with Crippen LogP contribution in [-0.4, -0.2) is 64.9 Å². The average molecular weight is 662 g/mol. The van der Waals surface area contributed by atoms with Gasteiger partial charge in [0.15, 0.2) is 0 Å². The molecule has 1 heterocycles. The van der Waals surface area contributed by atoms with Crippen molar-refractivity contribution in [1.29, 1.82) is 0 Å². The maximum Gasteiger partial charge on any atom is 0.249 e. The highest BCUT2D eigenvalue weighted by Gasteiger charge is 2.33. The lowest BCUT2D eigenvalue weighted by Gasteiger charge is -2.32. The van der Waals surface area contributed by atoms with Crippen molar-refractivity contribution in [2.75, 3.05) is 37.5 Å². The lowest BCUT2D eigenvalue weighted by atomic mass is 10.0. The van der Waals surface area contributed by atoms with Gasteiger partial charge in [0, 0.05) is 30.4 Å². The van der Waals surface area contributed by atoms with Crippen LogP contribution in [-0.2, 0) is 27.5 Å². The molecule has 3 amide bonds. The number of para-hydroxylation sites is 1. The van der Waals surface area contributed by atoms with Crippen LogP contribution >= 0.6 is 0 Å². The number of amides is 3. The molecule has 49 heavy (non-hydrogen) atoms. The number of carbonyl (C=O) groups is 3. The molecule has 0 saturated carbocycles. The van der Waals surface area contributed by atoms with E-state index in [1.54, 1.807) is 24.3 Å². The number of ether oxygens (including phenoxy) is 1. The first-order valence-electron chi connectivity index (χ1n) is 16.4. The van der Waals surface area contributed by atoms with Crippen LogP contribution in [0.3, 0.4) is 0 Å². The summed E-state index contributed by atoms with van der Waals surface area (Å²) in [6.45, 7) is 5.20. The van der Waals surface area contributed by atoms with Crippen LogP contribution < -0.4 is 20.3 Å². The first-order valence-corrected chi connectivity index (χ1v) is 16.4. The molecule has 0 aliphatic heterocycles. The van der Waals surface area contributed by atoms with E-state index >= 15 is 0 Å². The van der Waals surface area contributed by atoms with Crippen molar-refractivity contribution < 1.29 is 19.1 Å². The summed E-state index contributed by atoms with van der Waals surface area (Å²) >= 11 is 0. The second-order valence-electron chi connectivity index (χ2n) is 12.4. The van der Waals surface area contributed by atoms with E-state index in [4.69, 9.17) is 4.74 Å². The second kappa shape index (κ2) is 16.5. The number of rotatable bonds is 15. The zero-order valence-corrected chi connectivity index (χ0v) is 28.4. The summed E-state index contributed by atoms with van der Waals surface area (Å²) in [4.78, 5) is 44.7. The number of fused-ring (bicyclic) bond motifs is 1. The first-order chi connectivity index (χ1) is 23.7. The van der Waals surface area contributed by atoms with Crippen molar-refractivity contribution in [3.8, 4) is 5.75 Å². The van der Waals surface area contributed by atoms with Crippen LogP contribution in [0.15, 0.2) is 103 Å². The number of nitrogens with one attached hydrogen (secondary N) is 2. The van der Waals surface area contributed by atoms with Crippen molar-refractivity contribution in [3.05, 3.63) is 114 Å². The molecular formula is C38H43N7O4. The molecule has 11 nitrogen and oxygen atoms in total. The maximum absolute atomic E-state index is 14.5. The van der Waals surface area contributed by atoms with Gasteiger partial charge in [0.1, 0.15) is 23.9 Å². The molecule has 5 rings (SSSR count).